The lowest BCUT2D eigenvalue weighted by atomic mass is 10.0. The number of aromatic nitrogens is 1. The maximum atomic E-state index is 14.0. The molecule has 6 aromatic rings. The highest BCUT2D eigenvalue weighted by Crippen LogP contribution is 2.46. The zero-order valence-electron chi connectivity index (χ0n) is 24.0. The third-order valence-corrected chi connectivity index (χ3v) is 8.42. The summed E-state index contributed by atoms with van der Waals surface area (Å²) in [5.41, 5.74) is 7.46. The molecule has 1 aromatic heterocycles. The summed E-state index contributed by atoms with van der Waals surface area (Å²) in [5.74, 6) is -1.12. The number of nitrogens with one attached hydrogen (secondary N) is 2. The van der Waals surface area contributed by atoms with Crippen molar-refractivity contribution in [1.29, 1.82) is 0 Å². The summed E-state index contributed by atoms with van der Waals surface area (Å²) in [5, 5.41) is 17.1. The van der Waals surface area contributed by atoms with Crippen LogP contribution in [-0.2, 0) is 12.1 Å². The van der Waals surface area contributed by atoms with Gasteiger partial charge in [0.25, 0.3) is 5.91 Å². The summed E-state index contributed by atoms with van der Waals surface area (Å²) in [7, 11) is 0. The van der Waals surface area contributed by atoms with Gasteiger partial charge in [-0.15, -0.1) is 0 Å². The smallest absolute Gasteiger partial charge is 0.335 e. The van der Waals surface area contributed by atoms with Gasteiger partial charge >= 0.3 is 5.97 Å². The first kappa shape index (κ1) is 27.2. The number of benzene rings is 5. The van der Waals surface area contributed by atoms with Crippen molar-refractivity contribution in [3.05, 3.63) is 156 Å². The minimum atomic E-state index is -0.965. The highest BCUT2D eigenvalue weighted by atomic mass is 16.4. The molecular weight excluding hydrogens is 546 g/mol. The molecule has 6 heteroatoms. The summed E-state index contributed by atoms with van der Waals surface area (Å²) in [6.45, 7) is 0.607. The van der Waals surface area contributed by atoms with Crippen molar-refractivity contribution in [2.24, 2.45) is 0 Å². The van der Waals surface area contributed by atoms with E-state index < -0.39 is 11.5 Å². The molecule has 1 heterocycles. The fourth-order valence-electron chi connectivity index (χ4n) is 5.88. The van der Waals surface area contributed by atoms with Gasteiger partial charge in [0.2, 0.25) is 0 Å². The molecule has 7 rings (SSSR count). The Bertz CT molecular complexity index is 1960. The number of carboxylic acids is 1. The molecule has 1 saturated carbocycles. The number of para-hydroxylation sites is 1. The minimum Gasteiger partial charge on any atom is -0.478 e. The first-order valence-corrected chi connectivity index (χ1v) is 14.7. The Morgan fingerprint density at radius 3 is 2.05 bits per heavy atom. The number of carbonyl (C=O) groups is 2. The molecule has 0 unspecified atom stereocenters. The lowest BCUT2D eigenvalue weighted by Crippen LogP contribution is -2.35. The number of nitrogens with zero attached hydrogens (tertiary/aromatic N) is 1. The van der Waals surface area contributed by atoms with E-state index in [9.17, 15) is 14.7 Å². The van der Waals surface area contributed by atoms with E-state index in [0.717, 1.165) is 51.8 Å². The van der Waals surface area contributed by atoms with Crippen LogP contribution < -0.4 is 10.6 Å². The van der Waals surface area contributed by atoms with Crippen LogP contribution in [0.1, 0.15) is 44.7 Å². The first-order chi connectivity index (χ1) is 21.5. The van der Waals surface area contributed by atoms with Crippen molar-refractivity contribution in [1.82, 2.24) is 9.88 Å². The number of hydrogen-bond acceptors (Lipinski definition) is 3. The van der Waals surface area contributed by atoms with E-state index in [2.05, 4.69) is 57.7 Å². The van der Waals surface area contributed by atoms with Gasteiger partial charge in [0, 0.05) is 29.5 Å². The molecule has 216 valence electrons. The number of rotatable bonds is 9. The molecule has 1 aliphatic rings. The second-order valence-electron chi connectivity index (χ2n) is 11.3. The number of carboxylic acid groups (broad SMARTS) is 1. The average Bonchev–Trinajstić information content (AvgIpc) is 3.73. The molecule has 6 nitrogen and oxygen atoms in total. The van der Waals surface area contributed by atoms with E-state index in [4.69, 9.17) is 0 Å². The first-order valence-electron chi connectivity index (χ1n) is 14.7. The van der Waals surface area contributed by atoms with Gasteiger partial charge in [-0.1, -0.05) is 84.9 Å². The van der Waals surface area contributed by atoms with Gasteiger partial charge in [-0.25, -0.2) is 4.79 Å². The lowest BCUT2D eigenvalue weighted by molar-refractivity contribution is 0.0696. The number of aromatic carboxylic acids is 1. The molecule has 0 spiro atoms. The van der Waals surface area contributed by atoms with Crippen molar-refractivity contribution < 1.29 is 14.7 Å². The van der Waals surface area contributed by atoms with Crippen LogP contribution in [-0.4, -0.2) is 21.6 Å². The van der Waals surface area contributed by atoms with Crippen LogP contribution in [0.15, 0.2) is 134 Å². The number of carbonyl (C=O) groups excluding carboxylic acids is 1. The highest BCUT2D eigenvalue weighted by Gasteiger charge is 2.46. The Labute approximate surface area is 255 Å². The number of amides is 1. The van der Waals surface area contributed by atoms with Gasteiger partial charge in [0.1, 0.15) is 0 Å². The fraction of sp³-hybridized carbons (Fsp3) is 0.105. The lowest BCUT2D eigenvalue weighted by Gasteiger charge is -2.20. The summed E-state index contributed by atoms with van der Waals surface area (Å²) in [6, 6.07) is 41.6. The van der Waals surface area contributed by atoms with Crippen LogP contribution in [0.25, 0.3) is 22.0 Å². The van der Waals surface area contributed by atoms with Crippen molar-refractivity contribution in [3.63, 3.8) is 0 Å². The summed E-state index contributed by atoms with van der Waals surface area (Å²) in [6.07, 6.45) is 3.65. The number of fused-ring (bicyclic) bond motifs is 1. The largest absolute Gasteiger partial charge is 0.478 e. The van der Waals surface area contributed by atoms with Gasteiger partial charge < -0.3 is 20.3 Å². The van der Waals surface area contributed by atoms with E-state index in [1.54, 1.807) is 24.3 Å². The molecule has 44 heavy (non-hydrogen) atoms. The van der Waals surface area contributed by atoms with Crippen molar-refractivity contribution in [2.75, 3.05) is 5.32 Å². The molecular formula is C38H31N3O3. The Balaban J connectivity index is 1.23. The van der Waals surface area contributed by atoms with Crippen molar-refractivity contribution in [2.45, 2.75) is 24.9 Å². The van der Waals surface area contributed by atoms with Gasteiger partial charge in [-0.2, -0.15) is 0 Å². The van der Waals surface area contributed by atoms with Crippen LogP contribution in [0.4, 0.5) is 11.4 Å². The topological polar surface area (TPSA) is 83.4 Å². The molecule has 1 aliphatic carbocycles. The number of hydrogen-bond donors (Lipinski definition) is 3. The Morgan fingerprint density at radius 2 is 1.39 bits per heavy atom. The van der Waals surface area contributed by atoms with E-state index >= 15 is 0 Å². The SMILES string of the molecule is O=C(O)c1ccc(C2(NC(=O)c3ccc(Nc4ccccc4)c4ccn(Cc5ccc(-c6ccccc6)cc5)c34)CC2)cc1. The maximum Gasteiger partial charge on any atom is 0.335 e. The molecule has 5 aromatic carbocycles. The van der Waals surface area contributed by atoms with Crippen LogP contribution in [0, 0.1) is 0 Å². The van der Waals surface area contributed by atoms with Gasteiger partial charge in [-0.3, -0.25) is 4.79 Å². The third kappa shape index (κ3) is 5.34. The Morgan fingerprint density at radius 1 is 0.727 bits per heavy atom. The molecule has 0 bridgehead atoms. The van der Waals surface area contributed by atoms with Gasteiger partial charge in [-0.05, 0) is 77.6 Å². The van der Waals surface area contributed by atoms with Crippen LogP contribution in [0.3, 0.4) is 0 Å². The van der Waals surface area contributed by atoms with Crippen LogP contribution in [0.2, 0.25) is 0 Å². The van der Waals surface area contributed by atoms with E-state index in [-0.39, 0.29) is 11.5 Å². The predicted molar refractivity (Wildman–Crippen MR) is 174 cm³/mol. The molecule has 3 N–H and O–H groups in total. The third-order valence-electron chi connectivity index (χ3n) is 8.42. The van der Waals surface area contributed by atoms with Crippen molar-refractivity contribution in [3.8, 4) is 11.1 Å². The normalized spacial score (nSPS) is 13.4. The zero-order chi connectivity index (χ0) is 30.1. The summed E-state index contributed by atoms with van der Waals surface area (Å²) >= 11 is 0. The Kier molecular flexibility index (Phi) is 6.95. The number of anilines is 2. The fourth-order valence-corrected chi connectivity index (χ4v) is 5.88. The zero-order valence-corrected chi connectivity index (χ0v) is 24.0. The second kappa shape index (κ2) is 11.2. The Hall–Kier alpha value is -5.62. The highest BCUT2D eigenvalue weighted by molar-refractivity contribution is 6.10. The summed E-state index contributed by atoms with van der Waals surface area (Å²) < 4.78 is 2.14. The van der Waals surface area contributed by atoms with Crippen LogP contribution >= 0.6 is 0 Å². The van der Waals surface area contributed by atoms with E-state index in [1.165, 1.54) is 5.56 Å². The molecule has 1 fully saturated rings. The molecule has 1 amide bonds. The van der Waals surface area contributed by atoms with Crippen molar-refractivity contribution >= 4 is 34.2 Å². The second-order valence-corrected chi connectivity index (χ2v) is 11.3. The van der Waals surface area contributed by atoms with Gasteiger partial charge in [0.05, 0.1) is 22.2 Å². The average molecular weight is 578 g/mol. The van der Waals surface area contributed by atoms with E-state index in [1.807, 2.05) is 66.9 Å². The standard InChI is InChI=1S/C38H31N3O3/c42-36(40-38(22-23-38)30-17-15-29(16-18-30)37(43)44)33-19-20-34(39-31-9-5-2-6-10-31)32-21-24-41(35(32)33)25-26-11-13-28(14-12-26)27-7-3-1-4-8-27/h1-21,24,39H,22-23,25H2,(H,40,42)(H,43,44). The molecule has 0 atom stereocenters. The predicted octanol–water partition coefficient (Wildman–Crippen LogP) is 8.22. The van der Waals surface area contributed by atoms with Crippen LogP contribution in [0.5, 0.6) is 0 Å². The molecule has 0 radical (unpaired) electrons. The van der Waals surface area contributed by atoms with Gasteiger partial charge in [0.15, 0.2) is 0 Å². The summed E-state index contributed by atoms with van der Waals surface area (Å²) in [4.78, 5) is 25.3. The maximum absolute atomic E-state index is 14.0. The molecule has 0 saturated heterocycles. The molecule has 0 aliphatic heterocycles. The van der Waals surface area contributed by atoms with E-state index in [0.29, 0.717) is 12.1 Å². The minimum absolute atomic E-state index is 0.152. The quantitative estimate of drug-likeness (QED) is 0.162. The monoisotopic (exact) mass is 577 g/mol.